The molecule has 0 fully saturated rings. The lowest BCUT2D eigenvalue weighted by atomic mass is 9.89. The van der Waals surface area contributed by atoms with Gasteiger partial charge in [0.05, 0.1) is 17.3 Å². The van der Waals surface area contributed by atoms with Gasteiger partial charge in [-0.25, -0.2) is 0 Å². The summed E-state index contributed by atoms with van der Waals surface area (Å²) in [4.78, 5) is 4.21. The Morgan fingerprint density at radius 3 is 2.73 bits per heavy atom. The summed E-state index contributed by atoms with van der Waals surface area (Å²) in [6, 6.07) is 15.2. The minimum Gasteiger partial charge on any atom is -0.382 e. The molecular formula is C19H15N2O. The van der Waals surface area contributed by atoms with Crippen LogP contribution in [-0.4, -0.2) is 10.1 Å². The van der Waals surface area contributed by atoms with E-state index in [0.717, 1.165) is 16.7 Å². The number of nitriles is 1. The van der Waals surface area contributed by atoms with Gasteiger partial charge in [-0.1, -0.05) is 36.4 Å². The number of aliphatic hydroxyl groups excluding tert-OH is 1. The van der Waals surface area contributed by atoms with Crippen molar-refractivity contribution < 1.29 is 5.11 Å². The Hall–Kier alpha value is -2.70. The van der Waals surface area contributed by atoms with Crippen molar-refractivity contribution in [3.8, 4) is 6.07 Å². The molecule has 3 heteroatoms. The number of allylic oxidation sites excluding steroid dienone is 3. The molecule has 0 spiro atoms. The molecule has 0 amide bonds. The molecular weight excluding hydrogens is 272 g/mol. The van der Waals surface area contributed by atoms with Crippen molar-refractivity contribution >= 4 is 5.57 Å². The molecule has 0 aliphatic heterocycles. The van der Waals surface area contributed by atoms with Crippen LogP contribution in [0.25, 0.3) is 5.57 Å². The number of aliphatic hydroxyl groups is 1. The summed E-state index contributed by atoms with van der Waals surface area (Å²) >= 11 is 0. The Morgan fingerprint density at radius 1 is 1.14 bits per heavy atom. The number of pyridine rings is 1. The van der Waals surface area contributed by atoms with Crippen LogP contribution in [0.15, 0.2) is 66.4 Å². The third-order valence-electron chi connectivity index (χ3n) is 3.67. The predicted octanol–water partition coefficient (Wildman–Crippen LogP) is 3.60. The molecule has 0 saturated carbocycles. The molecule has 0 bridgehead atoms. The van der Waals surface area contributed by atoms with E-state index in [9.17, 15) is 10.4 Å². The first-order chi connectivity index (χ1) is 10.8. The normalized spacial score (nSPS) is 15.5. The molecule has 1 N–H and O–H groups in total. The molecule has 1 aromatic heterocycles. The zero-order chi connectivity index (χ0) is 15.4. The van der Waals surface area contributed by atoms with Crippen molar-refractivity contribution in [1.29, 1.82) is 5.26 Å². The van der Waals surface area contributed by atoms with Crippen LogP contribution in [-0.2, 0) is 0 Å². The minimum atomic E-state index is -0.726. The highest BCUT2D eigenvalue weighted by molar-refractivity contribution is 5.80. The first kappa shape index (κ1) is 14.2. The SMILES string of the molecule is N#Cc1ccccc1C1=C[CH]CC(C(O)c2ccccn2)=C1. The molecule has 1 atom stereocenters. The molecule has 0 saturated heterocycles. The van der Waals surface area contributed by atoms with Crippen LogP contribution in [0.2, 0.25) is 0 Å². The lowest BCUT2D eigenvalue weighted by Gasteiger charge is -2.19. The van der Waals surface area contributed by atoms with Gasteiger partial charge in [-0.05, 0) is 47.8 Å². The van der Waals surface area contributed by atoms with Crippen LogP contribution in [0.4, 0.5) is 0 Å². The third-order valence-corrected chi connectivity index (χ3v) is 3.67. The minimum absolute atomic E-state index is 0.631. The second kappa shape index (κ2) is 6.38. The van der Waals surface area contributed by atoms with Gasteiger partial charge < -0.3 is 5.11 Å². The fraction of sp³-hybridized carbons (Fsp3) is 0.105. The van der Waals surface area contributed by atoms with Crippen molar-refractivity contribution in [3.05, 3.63) is 89.6 Å². The van der Waals surface area contributed by atoms with Crippen molar-refractivity contribution in [2.45, 2.75) is 12.5 Å². The van der Waals surface area contributed by atoms with Gasteiger partial charge in [0.2, 0.25) is 0 Å². The summed E-state index contributed by atoms with van der Waals surface area (Å²) < 4.78 is 0. The highest BCUT2D eigenvalue weighted by Crippen LogP contribution is 2.32. The van der Waals surface area contributed by atoms with Gasteiger partial charge in [-0.2, -0.15) is 5.26 Å². The van der Waals surface area contributed by atoms with E-state index in [1.54, 1.807) is 12.3 Å². The van der Waals surface area contributed by atoms with Gasteiger partial charge in [0.15, 0.2) is 0 Å². The number of benzene rings is 1. The molecule has 3 nitrogen and oxygen atoms in total. The van der Waals surface area contributed by atoms with Crippen molar-refractivity contribution in [2.75, 3.05) is 0 Å². The molecule has 1 aromatic carbocycles. The topological polar surface area (TPSA) is 56.9 Å². The van der Waals surface area contributed by atoms with Crippen molar-refractivity contribution in [1.82, 2.24) is 4.98 Å². The highest BCUT2D eigenvalue weighted by atomic mass is 16.3. The number of hydrogen-bond donors (Lipinski definition) is 1. The largest absolute Gasteiger partial charge is 0.382 e. The standard InChI is InChI=1S/C19H15N2O/c20-13-16-6-1-2-9-17(16)14-7-5-8-15(12-14)19(22)18-10-3-4-11-21-18/h1-7,9-12,19,22H,8H2. The molecule has 107 valence electrons. The first-order valence-electron chi connectivity index (χ1n) is 7.12. The van der Waals surface area contributed by atoms with Gasteiger partial charge in [0, 0.05) is 6.20 Å². The van der Waals surface area contributed by atoms with E-state index in [2.05, 4.69) is 11.1 Å². The first-order valence-corrected chi connectivity index (χ1v) is 7.12. The monoisotopic (exact) mass is 287 g/mol. The summed E-state index contributed by atoms with van der Waals surface area (Å²) in [6.45, 7) is 0. The van der Waals surface area contributed by atoms with E-state index in [1.165, 1.54) is 0 Å². The van der Waals surface area contributed by atoms with Gasteiger partial charge in [0.25, 0.3) is 0 Å². The number of rotatable bonds is 3. The van der Waals surface area contributed by atoms with Crippen molar-refractivity contribution in [3.63, 3.8) is 0 Å². The van der Waals surface area contributed by atoms with E-state index in [1.807, 2.05) is 55.0 Å². The summed E-state index contributed by atoms with van der Waals surface area (Å²) in [7, 11) is 0. The zero-order valence-electron chi connectivity index (χ0n) is 12.0. The van der Waals surface area contributed by atoms with Crippen LogP contribution in [0.5, 0.6) is 0 Å². The third kappa shape index (κ3) is 2.83. The second-order valence-corrected chi connectivity index (χ2v) is 5.10. The van der Waals surface area contributed by atoms with Crippen LogP contribution in [0.3, 0.4) is 0 Å². The van der Waals surface area contributed by atoms with E-state index < -0.39 is 6.10 Å². The van der Waals surface area contributed by atoms with Crippen LogP contribution >= 0.6 is 0 Å². The lowest BCUT2D eigenvalue weighted by molar-refractivity contribution is 0.208. The van der Waals surface area contributed by atoms with Gasteiger partial charge in [-0.15, -0.1) is 0 Å². The van der Waals surface area contributed by atoms with E-state index >= 15 is 0 Å². The maximum Gasteiger partial charge on any atom is 0.117 e. The average molecular weight is 287 g/mol. The molecule has 2 aromatic rings. The molecule has 22 heavy (non-hydrogen) atoms. The summed E-state index contributed by atoms with van der Waals surface area (Å²) in [5.41, 5.74) is 3.97. The Bertz CT molecular complexity index is 770. The maximum atomic E-state index is 10.5. The molecule has 3 rings (SSSR count). The van der Waals surface area contributed by atoms with Crippen LogP contribution in [0, 0.1) is 17.8 Å². The summed E-state index contributed by atoms with van der Waals surface area (Å²) in [5, 5.41) is 19.7. The molecule has 1 aliphatic carbocycles. The highest BCUT2D eigenvalue weighted by Gasteiger charge is 2.18. The van der Waals surface area contributed by atoms with Crippen molar-refractivity contribution in [2.24, 2.45) is 0 Å². The Labute approximate surface area is 129 Å². The molecule has 1 unspecified atom stereocenters. The molecule has 1 aliphatic rings. The quantitative estimate of drug-likeness (QED) is 0.938. The Morgan fingerprint density at radius 2 is 1.95 bits per heavy atom. The Kier molecular flexibility index (Phi) is 4.13. The summed E-state index contributed by atoms with van der Waals surface area (Å²) in [6.07, 6.45) is 7.57. The summed E-state index contributed by atoms with van der Waals surface area (Å²) in [5.74, 6) is 0. The van der Waals surface area contributed by atoms with Gasteiger partial charge in [0.1, 0.15) is 6.10 Å². The fourth-order valence-electron chi connectivity index (χ4n) is 2.55. The van der Waals surface area contributed by atoms with E-state index in [0.29, 0.717) is 17.7 Å². The lowest BCUT2D eigenvalue weighted by Crippen LogP contribution is -2.06. The Balaban J connectivity index is 1.94. The van der Waals surface area contributed by atoms with Crippen LogP contribution < -0.4 is 0 Å². The predicted molar refractivity (Wildman–Crippen MR) is 85.3 cm³/mol. The number of nitrogens with zero attached hydrogens (tertiary/aromatic N) is 2. The maximum absolute atomic E-state index is 10.5. The number of hydrogen-bond acceptors (Lipinski definition) is 3. The van der Waals surface area contributed by atoms with Crippen LogP contribution in [0.1, 0.15) is 29.3 Å². The van der Waals surface area contributed by atoms with Gasteiger partial charge >= 0.3 is 0 Å². The van der Waals surface area contributed by atoms with Gasteiger partial charge in [-0.3, -0.25) is 4.98 Å². The average Bonchev–Trinajstić information content (AvgIpc) is 2.62. The zero-order valence-corrected chi connectivity index (χ0v) is 12.0. The number of aromatic nitrogens is 1. The fourth-order valence-corrected chi connectivity index (χ4v) is 2.55. The second-order valence-electron chi connectivity index (χ2n) is 5.10. The van der Waals surface area contributed by atoms with E-state index in [4.69, 9.17) is 0 Å². The smallest absolute Gasteiger partial charge is 0.117 e. The molecule has 1 heterocycles. The molecule has 1 radical (unpaired) electrons. The van der Waals surface area contributed by atoms with E-state index in [-0.39, 0.29) is 0 Å².